The Morgan fingerprint density at radius 3 is 2.67 bits per heavy atom. The van der Waals surface area contributed by atoms with Gasteiger partial charge >= 0.3 is 0 Å². The van der Waals surface area contributed by atoms with E-state index >= 15 is 0 Å². The monoisotopic (exact) mass is 247 g/mol. The number of ether oxygens (including phenoxy) is 1. The van der Waals surface area contributed by atoms with Crippen LogP contribution in [0.15, 0.2) is 24.3 Å². The molecular weight excluding hydrogens is 222 g/mol. The smallest absolute Gasteiger partial charge is 0.0731 e. The molecule has 1 heterocycles. The van der Waals surface area contributed by atoms with E-state index in [2.05, 4.69) is 43.4 Å². The van der Waals surface area contributed by atoms with Crippen molar-refractivity contribution in [3.63, 3.8) is 0 Å². The fourth-order valence-corrected chi connectivity index (χ4v) is 2.66. The van der Waals surface area contributed by atoms with Gasteiger partial charge in [-0.25, -0.2) is 0 Å². The average Bonchev–Trinajstić information content (AvgIpc) is 2.42. The van der Waals surface area contributed by atoms with Crippen LogP contribution in [0.1, 0.15) is 37.3 Å². The standard InChI is InChI=1S/C16H25NO/c1-3-17-15(16-6-4-5-11-18-16)12-14-9-7-13(2)8-10-14/h7-10,15-17H,3-6,11-12H2,1-2H3. The number of rotatable bonds is 5. The summed E-state index contributed by atoms with van der Waals surface area (Å²) in [6.07, 6.45) is 5.18. The van der Waals surface area contributed by atoms with Gasteiger partial charge < -0.3 is 10.1 Å². The van der Waals surface area contributed by atoms with Gasteiger partial charge in [0.2, 0.25) is 0 Å². The van der Waals surface area contributed by atoms with Crippen molar-refractivity contribution < 1.29 is 4.74 Å². The molecule has 0 radical (unpaired) electrons. The third-order valence-electron chi connectivity index (χ3n) is 3.71. The second-order valence-corrected chi connectivity index (χ2v) is 5.26. The number of aryl methyl sites for hydroxylation is 1. The zero-order valence-electron chi connectivity index (χ0n) is 11.6. The molecule has 1 aliphatic rings. The van der Waals surface area contributed by atoms with Gasteiger partial charge in [-0.15, -0.1) is 0 Å². The van der Waals surface area contributed by atoms with Gasteiger partial charge in [-0.1, -0.05) is 36.8 Å². The van der Waals surface area contributed by atoms with Gasteiger partial charge in [0.25, 0.3) is 0 Å². The molecule has 1 aromatic carbocycles. The Balaban J connectivity index is 1.98. The minimum Gasteiger partial charge on any atom is -0.377 e. The summed E-state index contributed by atoms with van der Waals surface area (Å²) in [6, 6.07) is 9.32. The lowest BCUT2D eigenvalue weighted by atomic mass is 9.95. The van der Waals surface area contributed by atoms with Crippen molar-refractivity contribution in [3.05, 3.63) is 35.4 Å². The van der Waals surface area contributed by atoms with E-state index in [1.165, 1.54) is 30.4 Å². The Morgan fingerprint density at radius 1 is 1.28 bits per heavy atom. The minimum absolute atomic E-state index is 0.389. The average molecular weight is 247 g/mol. The second kappa shape index (κ2) is 6.91. The Kier molecular flexibility index (Phi) is 5.21. The van der Waals surface area contributed by atoms with E-state index in [-0.39, 0.29) is 0 Å². The number of likely N-dealkylation sites (N-methyl/N-ethyl adjacent to an activating group) is 1. The van der Waals surface area contributed by atoms with Crippen molar-refractivity contribution in [2.24, 2.45) is 0 Å². The normalized spacial score (nSPS) is 21.8. The van der Waals surface area contributed by atoms with Crippen LogP contribution in [0.25, 0.3) is 0 Å². The molecule has 0 aliphatic carbocycles. The summed E-state index contributed by atoms with van der Waals surface area (Å²) in [5.41, 5.74) is 2.73. The van der Waals surface area contributed by atoms with E-state index in [4.69, 9.17) is 4.74 Å². The van der Waals surface area contributed by atoms with Gasteiger partial charge in [0.05, 0.1) is 6.10 Å². The molecule has 2 unspecified atom stereocenters. The van der Waals surface area contributed by atoms with Gasteiger partial charge in [-0.2, -0.15) is 0 Å². The summed E-state index contributed by atoms with van der Waals surface area (Å²) in [5.74, 6) is 0. The van der Waals surface area contributed by atoms with E-state index in [1.807, 2.05) is 0 Å². The van der Waals surface area contributed by atoms with E-state index < -0.39 is 0 Å². The highest BCUT2D eigenvalue weighted by atomic mass is 16.5. The van der Waals surface area contributed by atoms with E-state index in [1.54, 1.807) is 0 Å². The minimum atomic E-state index is 0.389. The number of nitrogens with one attached hydrogen (secondary N) is 1. The van der Waals surface area contributed by atoms with E-state index in [9.17, 15) is 0 Å². The lowest BCUT2D eigenvalue weighted by Crippen LogP contribution is -2.44. The molecule has 0 saturated carbocycles. The maximum Gasteiger partial charge on any atom is 0.0731 e. The molecule has 0 amide bonds. The van der Waals surface area contributed by atoms with Crippen molar-refractivity contribution in [3.8, 4) is 0 Å². The number of hydrogen-bond acceptors (Lipinski definition) is 2. The first-order valence-electron chi connectivity index (χ1n) is 7.20. The lowest BCUT2D eigenvalue weighted by molar-refractivity contribution is -0.00709. The summed E-state index contributed by atoms with van der Waals surface area (Å²) >= 11 is 0. The van der Waals surface area contributed by atoms with E-state index in [0.717, 1.165) is 19.6 Å². The summed E-state index contributed by atoms with van der Waals surface area (Å²) in [5, 5.41) is 3.59. The molecular formula is C16H25NO. The predicted molar refractivity (Wildman–Crippen MR) is 75.9 cm³/mol. The van der Waals surface area contributed by atoms with Crippen LogP contribution in [-0.2, 0) is 11.2 Å². The molecule has 0 aromatic heterocycles. The highest BCUT2D eigenvalue weighted by Gasteiger charge is 2.23. The molecule has 0 spiro atoms. The highest BCUT2D eigenvalue weighted by molar-refractivity contribution is 5.22. The lowest BCUT2D eigenvalue weighted by Gasteiger charge is -2.31. The third-order valence-corrected chi connectivity index (χ3v) is 3.71. The molecule has 1 aliphatic heterocycles. The quantitative estimate of drug-likeness (QED) is 0.863. The van der Waals surface area contributed by atoms with Crippen LogP contribution in [0.2, 0.25) is 0 Å². The third kappa shape index (κ3) is 3.82. The predicted octanol–water partition coefficient (Wildman–Crippen LogP) is 3.08. The van der Waals surface area contributed by atoms with Crippen LogP contribution in [-0.4, -0.2) is 25.3 Å². The zero-order chi connectivity index (χ0) is 12.8. The Bertz CT molecular complexity index is 341. The topological polar surface area (TPSA) is 21.3 Å². The van der Waals surface area contributed by atoms with Crippen LogP contribution < -0.4 is 5.32 Å². The van der Waals surface area contributed by atoms with Crippen LogP contribution in [0.5, 0.6) is 0 Å². The molecule has 2 heteroatoms. The Hall–Kier alpha value is -0.860. The first-order valence-corrected chi connectivity index (χ1v) is 7.20. The summed E-state index contributed by atoms with van der Waals surface area (Å²) in [7, 11) is 0. The Labute approximate surface area is 111 Å². The molecule has 2 rings (SSSR count). The summed E-state index contributed by atoms with van der Waals surface area (Å²) < 4.78 is 5.93. The van der Waals surface area contributed by atoms with Crippen LogP contribution >= 0.6 is 0 Å². The molecule has 1 saturated heterocycles. The zero-order valence-corrected chi connectivity index (χ0v) is 11.6. The molecule has 2 atom stereocenters. The largest absolute Gasteiger partial charge is 0.377 e. The summed E-state index contributed by atoms with van der Waals surface area (Å²) in [6.45, 7) is 6.25. The Morgan fingerprint density at radius 2 is 2.06 bits per heavy atom. The maximum atomic E-state index is 5.93. The number of hydrogen-bond donors (Lipinski definition) is 1. The first-order chi connectivity index (χ1) is 8.79. The fraction of sp³-hybridized carbons (Fsp3) is 0.625. The molecule has 18 heavy (non-hydrogen) atoms. The van der Waals surface area contributed by atoms with Crippen LogP contribution in [0, 0.1) is 6.92 Å². The molecule has 1 aromatic rings. The van der Waals surface area contributed by atoms with Crippen LogP contribution in [0.4, 0.5) is 0 Å². The van der Waals surface area contributed by atoms with Crippen molar-refractivity contribution in [2.45, 2.75) is 51.7 Å². The number of benzene rings is 1. The highest BCUT2D eigenvalue weighted by Crippen LogP contribution is 2.19. The summed E-state index contributed by atoms with van der Waals surface area (Å²) in [4.78, 5) is 0. The molecule has 100 valence electrons. The molecule has 1 N–H and O–H groups in total. The molecule has 2 nitrogen and oxygen atoms in total. The molecule has 1 fully saturated rings. The van der Waals surface area contributed by atoms with Gasteiger partial charge in [0.15, 0.2) is 0 Å². The van der Waals surface area contributed by atoms with Gasteiger partial charge in [0, 0.05) is 12.6 Å². The SMILES string of the molecule is CCNC(Cc1ccc(C)cc1)C1CCCCO1. The van der Waals surface area contributed by atoms with E-state index in [0.29, 0.717) is 12.1 Å². The fourth-order valence-electron chi connectivity index (χ4n) is 2.66. The van der Waals surface area contributed by atoms with Gasteiger partial charge in [-0.3, -0.25) is 0 Å². The van der Waals surface area contributed by atoms with Gasteiger partial charge in [0.1, 0.15) is 0 Å². The van der Waals surface area contributed by atoms with Crippen molar-refractivity contribution in [1.82, 2.24) is 5.32 Å². The van der Waals surface area contributed by atoms with Crippen LogP contribution in [0.3, 0.4) is 0 Å². The molecule has 0 bridgehead atoms. The second-order valence-electron chi connectivity index (χ2n) is 5.26. The first kappa shape index (κ1) is 13.6. The van der Waals surface area contributed by atoms with Crippen molar-refractivity contribution in [1.29, 1.82) is 0 Å². The van der Waals surface area contributed by atoms with Gasteiger partial charge in [-0.05, 0) is 44.7 Å². The maximum absolute atomic E-state index is 5.93. The van der Waals surface area contributed by atoms with Crippen molar-refractivity contribution >= 4 is 0 Å². The van der Waals surface area contributed by atoms with Crippen molar-refractivity contribution in [2.75, 3.05) is 13.2 Å².